The van der Waals surface area contributed by atoms with Crippen LogP contribution in [-0.2, 0) is 11.2 Å². The number of ether oxygens (including phenoxy) is 1. The quantitative estimate of drug-likeness (QED) is 0.186. The minimum atomic E-state index is -1.00. The highest BCUT2D eigenvalue weighted by molar-refractivity contribution is 6.12. The Labute approximate surface area is 232 Å². The summed E-state index contributed by atoms with van der Waals surface area (Å²) in [5, 5.41) is 14.1. The molecule has 4 aromatic carbocycles. The molecule has 0 bridgehead atoms. The second-order valence-electron chi connectivity index (χ2n) is 9.27. The normalized spacial score (nSPS) is 11.8. The molecule has 0 aliphatic heterocycles. The van der Waals surface area contributed by atoms with Crippen molar-refractivity contribution in [2.45, 2.75) is 12.5 Å². The number of ketones is 1. The zero-order valence-electron chi connectivity index (χ0n) is 21.7. The van der Waals surface area contributed by atoms with Crippen molar-refractivity contribution in [3.63, 3.8) is 0 Å². The fourth-order valence-electron chi connectivity index (χ4n) is 4.39. The van der Waals surface area contributed by atoms with Crippen LogP contribution in [0.5, 0.6) is 5.75 Å². The Morgan fingerprint density at radius 3 is 2.35 bits per heavy atom. The number of carboxylic acids is 1. The number of para-hydroxylation sites is 2. The van der Waals surface area contributed by atoms with Gasteiger partial charge in [0.15, 0.2) is 5.78 Å². The summed E-state index contributed by atoms with van der Waals surface area (Å²) in [7, 11) is 0. The summed E-state index contributed by atoms with van der Waals surface area (Å²) in [4.78, 5) is 29.8. The van der Waals surface area contributed by atoms with Gasteiger partial charge < -0.3 is 15.2 Å². The van der Waals surface area contributed by atoms with Gasteiger partial charge in [0.25, 0.3) is 0 Å². The highest BCUT2D eigenvalue weighted by Crippen LogP contribution is 2.22. The third kappa shape index (κ3) is 6.60. The zero-order chi connectivity index (χ0) is 27.7. The van der Waals surface area contributed by atoms with Crippen molar-refractivity contribution in [2.75, 3.05) is 11.9 Å². The summed E-state index contributed by atoms with van der Waals surface area (Å²) in [5.74, 6) is -0.493. The molecule has 40 heavy (non-hydrogen) atoms. The average molecular weight is 529 g/mol. The molecule has 0 amide bonds. The maximum absolute atomic E-state index is 13.0. The number of carbonyl (C=O) groups is 2. The van der Waals surface area contributed by atoms with Gasteiger partial charge in [-0.25, -0.2) is 9.78 Å². The molecule has 0 fully saturated rings. The lowest BCUT2D eigenvalue weighted by Gasteiger charge is -2.18. The van der Waals surface area contributed by atoms with Gasteiger partial charge in [-0.2, -0.15) is 0 Å². The average Bonchev–Trinajstić information content (AvgIpc) is 3.00. The first-order valence-corrected chi connectivity index (χ1v) is 13.0. The largest absolute Gasteiger partial charge is 0.490 e. The van der Waals surface area contributed by atoms with Crippen LogP contribution in [0.1, 0.15) is 27.2 Å². The standard InChI is InChI=1S/C34H28N2O4/c37-33(26-10-2-1-3-11-26)29-13-5-7-15-31(29)36-32(34(38)39)23-24-16-20-28(21-17-24)40-22-8-12-27-19-18-25-9-4-6-14-30(25)35-27/h1-21,32,36H,22-23H2,(H,38,39)/b12-8+. The van der Waals surface area contributed by atoms with Crippen LogP contribution >= 0.6 is 0 Å². The van der Waals surface area contributed by atoms with Gasteiger partial charge in [-0.05, 0) is 54.1 Å². The Morgan fingerprint density at radius 2 is 1.55 bits per heavy atom. The lowest BCUT2D eigenvalue weighted by Crippen LogP contribution is -2.32. The Balaban J connectivity index is 1.20. The molecule has 0 radical (unpaired) electrons. The summed E-state index contributed by atoms with van der Waals surface area (Å²) in [6.45, 7) is 0.374. The fourth-order valence-corrected chi connectivity index (χ4v) is 4.39. The van der Waals surface area contributed by atoms with E-state index in [1.807, 2.05) is 78.9 Å². The van der Waals surface area contributed by atoms with E-state index in [1.165, 1.54) is 0 Å². The third-order valence-electron chi connectivity index (χ3n) is 6.45. The number of hydrogen-bond acceptors (Lipinski definition) is 5. The van der Waals surface area contributed by atoms with Gasteiger partial charge in [-0.15, -0.1) is 0 Å². The molecule has 6 heteroatoms. The minimum Gasteiger partial charge on any atom is -0.490 e. The van der Waals surface area contributed by atoms with E-state index in [0.29, 0.717) is 29.2 Å². The van der Waals surface area contributed by atoms with Crippen LogP contribution in [0.4, 0.5) is 5.69 Å². The first-order valence-electron chi connectivity index (χ1n) is 13.0. The number of aliphatic carboxylic acids is 1. The number of anilines is 1. The third-order valence-corrected chi connectivity index (χ3v) is 6.45. The Morgan fingerprint density at radius 1 is 0.825 bits per heavy atom. The number of nitrogens with zero attached hydrogens (tertiary/aromatic N) is 1. The molecule has 1 atom stereocenters. The van der Waals surface area contributed by atoms with Gasteiger partial charge >= 0.3 is 5.97 Å². The number of rotatable bonds is 11. The smallest absolute Gasteiger partial charge is 0.326 e. The van der Waals surface area contributed by atoms with Gasteiger partial charge in [0.1, 0.15) is 18.4 Å². The van der Waals surface area contributed by atoms with Gasteiger partial charge in [0.05, 0.1) is 11.2 Å². The van der Waals surface area contributed by atoms with Crippen LogP contribution in [0, 0.1) is 0 Å². The molecular formula is C34H28N2O4. The molecule has 0 aliphatic rings. The number of hydrogen-bond donors (Lipinski definition) is 2. The van der Waals surface area contributed by atoms with Gasteiger partial charge in [0.2, 0.25) is 0 Å². The highest BCUT2D eigenvalue weighted by Gasteiger charge is 2.21. The SMILES string of the molecule is O=C(c1ccccc1)c1ccccc1NC(Cc1ccc(OC/C=C/c2ccc3ccccc3n2)cc1)C(=O)O. The molecule has 6 nitrogen and oxygen atoms in total. The lowest BCUT2D eigenvalue weighted by atomic mass is 10.00. The minimum absolute atomic E-state index is 0.167. The van der Waals surface area contributed by atoms with Gasteiger partial charge in [-0.1, -0.05) is 78.9 Å². The maximum atomic E-state index is 13.0. The van der Waals surface area contributed by atoms with Crippen LogP contribution in [0.15, 0.2) is 121 Å². The molecule has 5 aromatic rings. The molecule has 0 aliphatic carbocycles. The highest BCUT2D eigenvalue weighted by atomic mass is 16.5. The Kier molecular flexibility index (Phi) is 8.27. The van der Waals surface area contributed by atoms with E-state index in [9.17, 15) is 14.7 Å². The number of nitrogens with one attached hydrogen (secondary N) is 1. The second-order valence-corrected chi connectivity index (χ2v) is 9.27. The molecular weight excluding hydrogens is 500 g/mol. The first kappa shape index (κ1) is 26.4. The number of fused-ring (bicyclic) bond motifs is 1. The molecule has 0 saturated carbocycles. The topological polar surface area (TPSA) is 88.5 Å². The summed E-state index contributed by atoms with van der Waals surface area (Å²) in [6.07, 6.45) is 4.06. The zero-order valence-corrected chi connectivity index (χ0v) is 21.7. The molecule has 1 unspecified atom stereocenters. The first-order chi connectivity index (χ1) is 19.6. The van der Waals surface area contributed by atoms with Crippen molar-refractivity contribution in [3.05, 3.63) is 144 Å². The number of aromatic nitrogens is 1. The molecule has 198 valence electrons. The van der Waals surface area contributed by atoms with E-state index in [1.54, 1.807) is 48.5 Å². The van der Waals surface area contributed by atoms with Gasteiger partial charge in [-0.3, -0.25) is 4.79 Å². The molecule has 5 rings (SSSR count). The van der Waals surface area contributed by atoms with Gasteiger partial charge in [0, 0.05) is 28.6 Å². The second kappa shape index (κ2) is 12.5. The van der Waals surface area contributed by atoms with Crippen molar-refractivity contribution in [2.24, 2.45) is 0 Å². The summed E-state index contributed by atoms with van der Waals surface area (Å²) in [5.41, 5.74) is 4.09. The summed E-state index contributed by atoms with van der Waals surface area (Å²) < 4.78 is 5.82. The predicted octanol–water partition coefficient (Wildman–Crippen LogP) is 6.67. The van der Waals surface area contributed by atoms with Crippen LogP contribution < -0.4 is 10.1 Å². The summed E-state index contributed by atoms with van der Waals surface area (Å²) >= 11 is 0. The number of carboxylic acid groups (broad SMARTS) is 1. The number of carbonyl (C=O) groups excluding carboxylic acids is 1. The van der Waals surface area contributed by atoms with E-state index in [2.05, 4.69) is 10.3 Å². The van der Waals surface area contributed by atoms with Crippen LogP contribution in [0.3, 0.4) is 0 Å². The Hall–Kier alpha value is -5.23. The molecule has 0 saturated heterocycles. The fraction of sp³-hybridized carbons (Fsp3) is 0.0882. The van der Waals surface area contributed by atoms with Crippen LogP contribution in [0.25, 0.3) is 17.0 Å². The van der Waals surface area contributed by atoms with E-state index < -0.39 is 12.0 Å². The van der Waals surface area contributed by atoms with E-state index >= 15 is 0 Å². The van der Waals surface area contributed by atoms with E-state index in [-0.39, 0.29) is 12.2 Å². The molecule has 1 heterocycles. The number of pyridine rings is 1. The van der Waals surface area contributed by atoms with E-state index in [0.717, 1.165) is 22.2 Å². The molecule has 1 aromatic heterocycles. The number of benzene rings is 4. The van der Waals surface area contributed by atoms with Crippen molar-refractivity contribution in [3.8, 4) is 5.75 Å². The Bertz CT molecular complexity index is 1650. The van der Waals surface area contributed by atoms with Crippen molar-refractivity contribution in [1.29, 1.82) is 0 Å². The monoisotopic (exact) mass is 528 g/mol. The van der Waals surface area contributed by atoms with Crippen LogP contribution in [0.2, 0.25) is 0 Å². The van der Waals surface area contributed by atoms with E-state index in [4.69, 9.17) is 4.74 Å². The summed E-state index contributed by atoms with van der Waals surface area (Å²) in [6, 6.07) is 34.3. The van der Waals surface area contributed by atoms with Crippen LogP contribution in [-0.4, -0.2) is 34.5 Å². The lowest BCUT2D eigenvalue weighted by molar-refractivity contribution is -0.137. The van der Waals surface area contributed by atoms with Crippen molar-refractivity contribution < 1.29 is 19.4 Å². The predicted molar refractivity (Wildman–Crippen MR) is 158 cm³/mol. The van der Waals surface area contributed by atoms with Crippen molar-refractivity contribution >= 4 is 34.4 Å². The molecule has 2 N–H and O–H groups in total. The maximum Gasteiger partial charge on any atom is 0.326 e. The van der Waals surface area contributed by atoms with Crippen molar-refractivity contribution in [1.82, 2.24) is 4.98 Å². The molecule has 0 spiro atoms.